The second kappa shape index (κ2) is 7.16. The average Bonchev–Trinajstić information content (AvgIpc) is 2.70. The first-order valence-electron chi connectivity index (χ1n) is 4.77. The summed E-state index contributed by atoms with van der Waals surface area (Å²) in [5, 5.41) is 5.39. The van der Waals surface area contributed by atoms with E-state index < -0.39 is 0 Å². The second-order valence-electron chi connectivity index (χ2n) is 3.32. The van der Waals surface area contributed by atoms with Gasteiger partial charge in [-0.05, 0) is 0 Å². The third-order valence-corrected chi connectivity index (χ3v) is 2.52. The van der Waals surface area contributed by atoms with Crippen LogP contribution in [0.15, 0.2) is 54.6 Å². The molecule has 3 aromatic rings. The van der Waals surface area contributed by atoms with Gasteiger partial charge in [-0.3, -0.25) is 0 Å². The molecule has 3 aromatic carbocycles. The van der Waals surface area contributed by atoms with Crippen molar-refractivity contribution in [3.63, 3.8) is 0 Å². The molecule has 0 saturated heterocycles. The van der Waals surface area contributed by atoms with E-state index in [-0.39, 0.29) is 28.9 Å². The van der Waals surface area contributed by atoms with Crippen molar-refractivity contribution in [2.24, 2.45) is 0 Å². The molecule has 1 nitrogen and oxygen atoms in total. The Morgan fingerprint density at radius 3 is 1.53 bits per heavy atom. The summed E-state index contributed by atoms with van der Waals surface area (Å²) in [6.45, 7) is 2.00. The molecular formula is C14H11ClNiO. The Balaban J connectivity index is 0.000000611. The second-order valence-corrected chi connectivity index (χ2v) is 3.32. The molecule has 0 aliphatic heterocycles. The fraction of sp³-hybridized carbons (Fsp3) is 0. The normalized spacial score (nSPS) is 8.71. The summed E-state index contributed by atoms with van der Waals surface area (Å²) < 4.78 is 0. The summed E-state index contributed by atoms with van der Waals surface area (Å²) in [4.78, 5) is 8.00. The molecule has 0 N–H and O–H groups in total. The van der Waals surface area contributed by atoms with Gasteiger partial charge in [-0.1, -0.05) is 36.4 Å². The van der Waals surface area contributed by atoms with Crippen LogP contribution in [0.2, 0.25) is 0 Å². The molecule has 90 valence electrons. The number of benzene rings is 2. The van der Waals surface area contributed by atoms with E-state index in [0.29, 0.717) is 0 Å². The van der Waals surface area contributed by atoms with Crippen molar-refractivity contribution in [2.75, 3.05) is 0 Å². The molecule has 0 atom stereocenters. The summed E-state index contributed by atoms with van der Waals surface area (Å²) >= 11 is 0. The van der Waals surface area contributed by atoms with Crippen LogP contribution in [0.3, 0.4) is 0 Å². The molecule has 3 rings (SSSR count). The number of halogens is 1. The maximum Gasteiger partial charge on any atom is 2.00 e. The van der Waals surface area contributed by atoms with Crippen molar-refractivity contribution in [3.8, 4) is 0 Å². The van der Waals surface area contributed by atoms with Gasteiger partial charge in [0.2, 0.25) is 0 Å². The fourth-order valence-electron chi connectivity index (χ4n) is 1.90. The van der Waals surface area contributed by atoms with Crippen LogP contribution in [0, 0.1) is 0 Å². The number of rotatable bonds is 0. The maximum atomic E-state index is 8.00. The first-order chi connectivity index (χ1) is 7.45. The molecule has 0 amide bonds. The van der Waals surface area contributed by atoms with Crippen LogP contribution in [0.25, 0.3) is 21.5 Å². The zero-order chi connectivity index (χ0) is 10.7. The molecule has 0 aromatic heterocycles. The zero-order valence-corrected chi connectivity index (χ0v) is 10.7. The van der Waals surface area contributed by atoms with Crippen molar-refractivity contribution in [3.05, 3.63) is 54.6 Å². The topological polar surface area (TPSA) is 17.1 Å². The average molecular weight is 289 g/mol. The van der Waals surface area contributed by atoms with Crippen molar-refractivity contribution < 1.29 is 33.7 Å². The van der Waals surface area contributed by atoms with Gasteiger partial charge in [0.15, 0.2) is 0 Å². The molecule has 0 unspecified atom stereocenters. The minimum atomic E-state index is 0. The fourth-order valence-corrected chi connectivity index (χ4v) is 1.90. The Morgan fingerprint density at radius 2 is 1.12 bits per heavy atom. The van der Waals surface area contributed by atoms with Gasteiger partial charge in [0.1, 0.15) is 6.79 Å². The standard InChI is InChI=1S/C13H9.CH2O.ClH.Ni/c1-3-7-12-10(5-1)9-11-6-2-4-8-13(11)12;1-2;;/h1-9H;1H2;1H;/q-1;;;+2/p-1. The Morgan fingerprint density at radius 1 is 0.765 bits per heavy atom. The SMILES string of the molecule is C=O.[Cl-].[Ni+2].c1ccc2c(c1)[cH-]c1ccccc12. The Kier molecular flexibility index (Phi) is 6.64. The summed E-state index contributed by atoms with van der Waals surface area (Å²) in [5.74, 6) is 0. The van der Waals surface area contributed by atoms with Crippen LogP contribution in [0.4, 0.5) is 0 Å². The Hall–Kier alpha value is -1.24. The molecule has 3 heteroatoms. The van der Waals surface area contributed by atoms with Gasteiger partial charge in [-0.2, -0.15) is 0 Å². The minimum Gasteiger partial charge on any atom is -1.00 e. The maximum absolute atomic E-state index is 8.00. The smallest absolute Gasteiger partial charge is 1.00 e. The number of fused-ring (bicyclic) bond motifs is 3. The Labute approximate surface area is 117 Å². The molecular weight excluding hydrogens is 278 g/mol. The van der Waals surface area contributed by atoms with Gasteiger partial charge in [0.05, 0.1) is 0 Å². The van der Waals surface area contributed by atoms with Gasteiger partial charge < -0.3 is 17.2 Å². The quantitative estimate of drug-likeness (QED) is 0.436. The molecule has 0 bridgehead atoms. The third kappa shape index (κ3) is 2.91. The number of hydrogen-bond donors (Lipinski definition) is 0. The van der Waals surface area contributed by atoms with Gasteiger partial charge in [0.25, 0.3) is 0 Å². The van der Waals surface area contributed by atoms with Gasteiger partial charge in [-0.25, -0.2) is 0 Å². The zero-order valence-electron chi connectivity index (χ0n) is 9.01. The summed E-state index contributed by atoms with van der Waals surface area (Å²) in [6.07, 6.45) is 0. The number of hydrogen-bond acceptors (Lipinski definition) is 1. The molecule has 0 radical (unpaired) electrons. The van der Waals surface area contributed by atoms with E-state index in [0.717, 1.165) is 0 Å². The minimum absolute atomic E-state index is 0. The van der Waals surface area contributed by atoms with E-state index in [1.54, 1.807) is 0 Å². The van der Waals surface area contributed by atoms with E-state index in [1.165, 1.54) is 21.5 Å². The van der Waals surface area contributed by atoms with Crippen LogP contribution < -0.4 is 12.4 Å². The monoisotopic (exact) mass is 288 g/mol. The summed E-state index contributed by atoms with van der Waals surface area (Å²) in [5.41, 5.74) is 0. The summed E-state index contributed by atoms with van der Waals surface area (Å²) in [7, 11) is 0. The van der Waals surface area contributed by atoms with Gasteiger partial charge in [-0.15, -0.1) is 39.7 Å². The molecule has 0 aliphatic carbocycles. The molecule has 0 spiro atoms. The predicted octanol–water partition coefficient (Wildman–Crippen LogP) is 0.529. The predicted molar refractivity (Wildman–Crippen MR) is 64.2 cm³/mol. The van der Waals surface area contributed by atoms with Crippen molar-refractivity contribution in [2.45, 2.75) is 0 Å². The molecule has 17 heavy (non-hydrogen) atoms. The molecule has 0 fully saturated rings. The van der Waals surface area contributed by atoms with Crippen molar-refractivity contribution in [1.29, 1.82) is 0 Å². The van der Waals surface area contributed by atoms with Crippen LogP contribution in [0.1, 0.15) is 0 Å². The van der Waals surface area contributed by atoms with E-state index in [4.69, 9.17) is 4.79 Å². The largest absolute Gasteiger partial charge is 2.00 e. The number of carbonyl (C=O) groups is 1. The van der Waals surface area contributed by atoms with Crippen molar-refractivity contribution in [1.82, 2.24) is 0 Å². The summed E-state index contributed by atoms with van der Waals surface area (Å²) in [6, 6.07) is 19.3. The third-order valence-electron chi connectivity index (χ3n) is 2.52. The van der Waals surface area contributed by atoms with Gasteiger partial charge >= 0.3 is 16.5 Å². The van der Waals surface area contributed by atoms with Crippen LogP contribution in [0.5, 0.6) is 0 Å². The first-order valence-corrected chi connectivity index (χ1v) is 4.77. The molecule has 0 aliphatic rings. The van der Waals surface area contributed by atoms with Crippen LogP contribution in [-0.4, -0.2) is 6.79 Å². The van der Waals surface area contributed by atoms with E-state index in [1.807, 2.05) is 6.79 Å². The van der Waals surface area contributed by atoms with Crippen LogP contribution in [-0.2, 0) is 21.3 Å². The number of carbonyl (C=O) groups excluding carboxylic acids is 1. The van der Waals surface area contributed by atoms with E-state index >= 15 is 0 Å². The van der Waals surface area contributed by atoms with E-state index in [9.17, 15) is 0 Å². The van der Waals surface area contributed by atoms with Gasteiger partial charge in [0, 0.05) is 0 Å². The molecule has 0 saturated carbocycles. The molecule has 0 heterocycles. The van der Waals surface area contributed by atoms with Crippen molar-refractivity contribution >= 4 is 28.3 Å². The first kappa shape index (κ1) is 15.8. The van der Waals surface area contributed by atoms with Crippen LogP contribution >= 0.6 is 0 Å². The van der Waals surface area contributed by atoms with E-state index in [2.05, 4.69) is 54.6 Å². The Bertz CT molecular complexity index is 538.